The van der Waals surface area contributed by atoms with Crippen molar-refractivity contribution in [3.63, 3.8) is 0 Å². The molecule has 0 aliphatic carbocycles. The topological polar surface area (TPSA) is 104 Å². The highest BCUT2D eigenvalue weighted by molar-refractivity contribution is 5.95. The van der Waals surface area contributed by atoms with Gasteiger partial charge in [-0.3, -0.25) is 14.5 Å². The molecule has 10 heteroatoms. The van der Waals surface area contributed by atoms with Crippen LogP contribution in [0.3, 0.4) is 0 Å². The van der Waals surface area contributed by atoms with Gasteiger partial charge in [-0.05, 0) is 12.1 Å². The van der Waals surface area contributed by atoms with Gasteiger partial charge < -0.3 is 19.8 Å². The third-order valence-electron chi connectivity index (χ3n) is 4.11. The summed E-state index contributed by atoms with van der Waals surface area (Å²) >= 11 is 0. The van der Waals surface area contributed by atoms with E-state index in [2.05, 4.69) is 0 Å². The van der Waals surface area contributed by atoms with Crippen molar-refractivity contribution in [1.29, 1.82) is 0 Å². The van der Waals surface area contributed by atoms with E-state index in [-0.39, 0.29) is 23.7 Å². The summed E-state index contributed by atoms with van der Waals surface area (Å²) in [4.78, 5) is 35.5. The van der Waals surface area contributed by atoms with Gasteiger partial charge in [0.25, 0.3) is 5.91 Å². The van der Waals surface area contributed by atoms with Crippen LogP contribution in [0.4, 0.5) is 19.3 Å². The lowest BCUT2D eigenvalue weighted by molar-refractivity contribution is -0.194. The van der Waals surface area contributed by atoms with Crippen LogP contribution in [0.2, 0.25) is 0 Å². The molecule has 0 spiro atoms. The summed E-state index contributed by atoms with van der Waals surface area (Å²) in [5, 5.41) is 0. The highest BCUT2D eigenvalue weighted by atomic mass is 19.3. The maximum atomic E-state index is 14.3. The molecule has 0 radical (unpaired) electrons. The molecule has 1 atom stereocenters. The number of amides is 2. The van der Waals surface area contributed by atoms with E-state index in [1.807, 2.05) is 0 Å². The van der Waals surface area contributed by atoms with E-state index in [1.54, 1.807) is 0 Å². The smallest absolute Gasteiger partial charge is 0.434 e. The number of nitrogens with two attached hydrogens (primary N) is 1. The van der Waals surface area contributed by atoms with Gasteiger partial charge in [-0.25, -0.2) is 4.79 Å². The van der Waals surface area contributed by atoms with E-state index < -0.39 is 35.3 Å². The number of ether oxygens (including phenoxy) is 2. The van der Waals surface area contributed by atoms with E-state index in [1.165, 1.54) is 24.4 Å². The third-order valence-corrected chi connectivity index (χ3v) is 4.11. The summed E-state index contributed by atoms with van der Waals surface area (Å²) in [6, 6.07) is 6.12. The zero-order chi connectivity index (χ0) is 18.6. The maximum Gasteiger partial charge on any atom is 0.442 e. The molecular formula is C16H11F2N3O5. The number of nitrogens with zero attached hydrogens (tertiary/aromatic N) is 2. The number of alkyl halides is 2. The van der Waals surface area contributed by atoms with Crippen LogP contribution in [0.15, 0.2) is 41.3 Å². The molecule has 3 heterocycles. The van der Waals surface area contributed by atoms with E-state index in [9.17, 15) is 23.2 Å². The average Bonchev–Trinajstić information content (AvgIpc) is 2.96. The Kier molecular flexibility index (Phi) is 3.26. The number of hydrogen-bond acceptors (Lipinski definition) is 5. The summed E-state index contributed by atoms with van der Waals surface area (Å²) in [7, 11) is 0. The summed E-state index contributed by atoms with van der Waals surface area (Å²) < 4.78 is 39.2. The van der Waals surface area contributed by atoms with Gasteiger partial charge in [0.1, 0.15) is 5.69 Å². The molecule has 0 unspecified atom stereocenters. The molecule has 8 nitrogen and oxygen atoms in total. The Labute approximate surface area is 144 Å². The lowest BCUT2D eigenvalue weighted by atomic mass is 10.1. The number of benzene rings is 1. The zero-order valence-corrected chi connectivity index (χ0v) is 13.0. The normalized spacial score (nSPS) is 20.0. The van der Waals surface area contributed by atoms with Gasteiger partial charge in [0.2, 0.25) is 0 Å². The monoisotopic (exact) mass is 363 g/mol. The Bertz CT molecular complexity index is 1000. The summed E-state index contributed by atoms with van der Waals surface area (Å²) in [5.41, 5.74) is 4.42. The second kappa shape index (κ2) is 5.28. The van der Waals surface area contributed by atoms with E-state index in [4.69, 9.17) is 15.2 Å². The molecule has 4 rings (SSSR count). The third kappa shape index (κ3) is 2.38. The number of primary amides is 1. The lowest BCUT2D eigenvalue weighted by Crippen LogP contribution is -2.33. The molecule has 134 valence electrons. The molecule has 0 bridgehead atoms. The number of cyclic esters (lactones) is 1. The Balaban J connectivity index is 1.77. The maximum absolute atomic E-state index is 14.3. The zero-order valence-electron chi connectivity index (χ0n) is 13.0. The van der Waals surface area contributed by atoms with Crippen molar-refractivity contribution in [3.05, 3.63) is 52.4 Å². The number of halogens is 2. The van der Waals surface area contributed by atoms with Gasteiger partial charge in [0.15, 0.2) is 17.3 Å². The second-order valence-electron chi connectivity index (χ2n) is 5.77. The number of rotatable bonds is 2. The van der Waals surface area contributed by atoms with Gasteiger partial charge in [0.05, 0.1) is 17.9 Å². The second-order valence-corrected chi connectivity index (χ2v) is 5.77. The van der Waals surface area contributed by atoms with Crippen molar-refractivity contribution in [1.82, 2.24) is 4.57 Å². The average molecular weight is 363 g/mol. The fraction of sp³-hybridized carbons (Fsp3) is 0.188. The van der Waals surface area contributed by atoms with E-state index >= 15 is 0 Å². The van der Waals surface area contributed by atoms with Crippen LogP contribution in [-0.4, -0.2) is 29.2 Å². The minimum Gasteiger partial charge on any atom is -0.434 e. The molecule has 1 fully saturated rings. The summed E-state index contributed by atoms with van der Waals surface area (Å²) in [5.74, 6) is -1.00. The van der Waals surface area contributed by atoms with Crippen molar-refractivity contribution in [2.45, 2.75) is 12.2 Å². The summed E-state index contributed by atoms with van der Waals surface area (Å²) in [6.07, 6.45) is -4.44. The van der Waals surface area contributed by atoms with Gasteiger partial charge in [0, 0.05) is 24.4 Å². The predicted octanol–water partition coefficient (Wildman–Crippen LogP) is 1.09. The van der Waals surface area contributed by atoms with Crippen molar-refractivity contribution >= 4 is 17.7 Å². The molecule has 2 aromatic rings. The van der Waals surface area contributed by atoms with Crippen LogP contribution in [0.5, 0.6) is 5.75 Å². The molecule has 1 aromatic heterocycles. The van der Waals surface area contributed by atoms with Crippen LogP contribution in [-0.2, 0) is 15.6 Å². The molecule has 2 N–H and O–H groups in total. The minimum absolute atomic E-state index is 0.132. The Morgan fingerprint density at radius 1 is 1.23 bits per heavy atom. The molecule has 2 amide bonds. The van der Waals surface area contributed by atoms with Crippen LogP contribution in [0.25, 0.3) is 5.69 Å². The molecule has 0 saturated carbocycles. The minimum atomic E-state index is -3.73. The van der Waals surface area contributed by atoms with E-state index in [0.717, 1.165) is 21.6 Å². The number of carbonyl (C=O) groups excluding carboxylic acids is 2. The first-order chi connectivity index (χ1) is 12.3. The number of fused-ring (bicyclic) bond motifs is 3. The predicted molar refractivity (Wildman–Crippen MR) is 83.4 cm³/mol. The Morgan fingerprint density at radius 2 is 2.00 bits per heavy atom. The van der Waals surface area contributed by atoms with Gasteiger partial charge in [-0.1, -0.05) is 0 Å². The largest absolute Gasteiger partial charge is 0.442 e. The Morgan fingerprint density at radius 3 is 2.69 bits per heavy atom. The summed E-state index contributed by atoms with van der Waals surface area (Å²) in [6.45, 7) is -0.132. The van der Waals surface area contributed by atoms with Crippen molar-refractivity contribution in [2.75, 3.05) is 11.4 Å². The molecular weight excluding hydrogens is 352 g/mol. The number of carbonyl (C=O) groups is 2. The number of pyridine rings is 1. The first kappa shape index (κ1) is 16.1. The number of aromatic nitrogens is 1. The quantitative estimate of drug-likeness (QED) is 0.860. The van der Waals surface area contributed by atoms with Crippen molar-refractivity contribution in [3.8, 4) is 11.4 Å². The van der Waals surface area contributed by atoms with Gasteiger partial charge in [-0.2, -0.15) is 8.78 Å². The van der Waals surface area contributed by atoms with Gasteiger partial charge in [-0.15, -0.1) is 0 Å². The highest BCUT2D eigenvalue weighted by Crippen LogP contribution is 2.42. The number of anilines is 1. The number of hydrogen-bond donors (Lipinski definition) is 1. The first-order valence-electron chi connectivity index (χ1n) is 7.48. The van der Waals surface area contributed by atoms with E-state index in [0.29, 0.717) is 0 Å². The lowest BCUT2D eigenvalue weighted by Gasteiger charge is -2.29. The van der Waals surface area contributed by atoms with Crippen LogP contribution in [0.1, 0.15) is 5.69 Å². The molecule has 2 aliphatic rings. The molecule has 1 aromatic carbocycles. The first-order valence-corrected chi connectivity index (χ1v) is 7.48. The van der Waals surface area contributed by atoms with Crippen molar-refractivity contribution in [2.24, 2.45) is 5.73 Å². The van der Waals surface area contributed by atoms with Gasteiger partial charge >= 0.3 is 12.2 Å². The van der Waals surface area contributed by atoms with Crippen molar-refractivity contribution < 1.29 is 27.8 Å². The molecule has 1 saturated heterocycles. The van der Waals surface area contributed by atoms with Crippen LogP contribution in [0, 0.1) is 0 Å². The van der Waals surface area contributed by atoms with Crippen LogP contribution >= 0.6 is 0 Å². The molecule has 26 heavy (non-hydrogen) atoms. The highest BCUT2D eigenvalue weighted by Gasteiger charge is 2.43. The Hall–Kier alpha value is -3.43. The SMILES string of the molecule is NC(=O)[C@H]1CN(c2ccc3c(c2)OC(F)(F)c2cc(=O)ccn2-3)C(=O)O1. The van der Waals surface area contributed by atoms with Crippen LogP contribution < -0.4 is 20.8 Å². The standard InChI is InChI=1S/C16H11F2N3O5/c17-16(18)13-6-9(22)3-4-20(13)10-2-1-8(5-11(10)26-16)21-7-12(14(19)23)25-15(21)24/h1-6,12H,7H2,(H2,19,23)/t12-/m1/s1. The molecule has 2 aliphatic heterocycles. The fourth-order valence-corrected chi connectivity index (χ4v) is 2.88. The fourth-order valence-electron chi connectivity index (χ4n) is 2.88.